The summed E-state index contributed by atoms with van der Waals surface area (Å²) in [6.07, 6.45) is 5.13. The molecule has 0 unspecified atom stereocenters. The summed E-state index contributed by atoms with van der Waals surface area (Å²) in [7, 11) is 0. The molecule has 0 aliphatic heterocycles. The van der Waals surface area contributed by atoms with E-state index in [4.69, 9.17) is 4.74 Å². The van der Waals surface area contributed by atoms with E-state index in [0.717, 1.165) is 11.4 Å². The minimum atomic E-state index is 0.105. The molecule has 5 heteroatoms. The monoisotopic (exact) mass is 244 g/mol. The van der Waals surface area contributed by atoms with Gasteiger partial charge in [0.05, 0.1) is 6.10 Å². The predicted molar refractivity (Wildman–Crippen MR) is 69.4 cm³/mol. The van der Waals surface area contributed by atoms with E-state index in [1.807, 2.05) is 26.0 Å². The Bertz CT molecular complexity index is 487. The Morgan fingerprint density at radius 3 is 2.72 bits per heavy atom. The lowest BCUT2D eigenvalue weighted by molar-refractivity contribution is 0.232. The van der Waals surface area contributed by atoms with Gasteiger partial charge in [-0.15, -0.1) is 0 Å². The van der Waals surface area contributed by atoms with Crippen molar-refractivity contribution in [1.29, 1.82) is 0 Å². The first-order chi connectivity index (χ1) is 8.74. The summed E-state index contributed by atoms with van der Waals surface area (Å²) in [5, 5.41) is 3.22. The fraction of sp³-hybridized carbons (Fsp3) is 0.308. The van der Waals surface area contributed by atoms with Gasteiger partial charge in [-0.05, 0) is 31.5 Å². The van der Waals surface area contributed by atoms with Crippen LogP contribution in [0.25, 0.3) is 0 Å². The van der Waals surface area contributed by atoms with Gasteiger partial charge in [0, 0.05) is 25.0 Å². The Labute approximate surface area is 106 Å². The van der Waals surface area contributed by atoms with E-state index >= 15 is 0 Å². The molecule has 2 heterocycles. The number of nitrogens with zero attached hydrogens (tertiary/aromatic N) is 3. The molecule has 0 atom stereocenters. The highest BCUT2D eigenvalue weighted by molar-refractivity contribution is 5.37. The zero-order chi connectivity index (χ0) is 12.8. The van der Waals surface area contributed by atoms with Crippen molar-refractivity contribution in [3.8, 4) is 5.88 Å². The van der Waals surface area contributed by atoms with E-state index in [2.05, 4.69) is 20.3 Å². The normalized spacial score (nSPS) is 10.4. The summed E-state index contributed by atoms with van der Waals surface area (Å²) in [4.78, 5) is 12.2. The molecular weight excluding hydrogens is 228 g/mol. The van der Waals surface area contributed by atoms with Crippen LogP contribution in [0.1, 0.15) is 19.4 Å². The lowest BCUT2D eigenvalue weighted by Gasteiger charge is -2.10. The minimum absolute atomic E-state index is 0.105. The number of aromatic nitrogens is 3. The molecule has 0 aliphatic rings. The van der Waals surface area contributed by atoms with E-state index in [9.17, 15) is 0 Å². The molecule has 0 spiro atoms. The maximum Gasteiger partial charge on any atom is 0.218 e. The number of pyridine rings is 1. The van der Waals surface area contributed by atoms with Gasteiger partial charge in [-0.2, -0.15) is 0 Å². The van der Waals surface area contributed by atoms with Crippen LogP contribution in [0.3, 0.4) is 0 Å². The van der Waals surface area contributed by atoms with Gasteiger partial charge in [0.2, 0.25) is 5.88 Å². The maximum absolute atomic E-state index is 5.51. The van der Waals surface area contributed by atoms with Crippen molar-refractivity contribution in [3.63, 3.8) is 0 Å². The van der Waals surface area contributed by atoms with Gasteiger partial charge in [0.25, 0.3) is 0 Å². The van der Waals surface area contributed by atoms with Crippen LogP contribution in [-0.2, 0) is 6.54 Å². The number of ether oxygens (including phenoxy) is 1. The van der Waals surface area contributed by atoms with Crippen LogP contribution in [0.2, 0.25) is 0 Å². The number of nitrogens with one attached hydrogen (secondary N) is 1. The van der Waals surface area contributed by atoms with E-state index < -0.39 is 0 Å². The second-order valence-corrected chi connectivity index (χ2v) is 4.12. The van der Waals surface area contributed by atoms with Gasteiger partial charge < -0.3 is 10.1 Å². The largest absolute Gasteiger partial charge is 0.475 e. The minimum Gasteiger partial charge on any atom is -0.475 e. The van der Waals surface area contributed by atoms with Crippen molar-refractivity contribution in [3.05, 3.63) is 42.5 Å². The Kier molecular flexibility index (Phi) is 4.06. The van der Waals surface area contributed by atoms with Gasteiger partial charge in [-0.25, -0.2) is 9.97 Å². The molecule has 0 saturated heterocycles. The van der Waals surface area contributed by atoms with Crippen molar-refractivity contribution in [2.24, 2.45) is 0 Å². The number of hydrogen-bond acceptors (Lipinski definition) is 5. The van der Waals surface area contributed by atoms with E-state index in [0.29, 0.717) is 12.4 Å². The first-order valence-electron chi connectivity index (χ1n) is 5.85. The molecule has 0 bridgehead atoms. The summed E-state index contributed by atoms with van der Waals surface area (Å²) in [5.74, 6) is 1.33. The molecule has 0 fully saturated rings. The van der Waals surface area contributed by atoms with Crippen LogP contribution in [-0.4, -0.2) is 21.1 Å². The Morgan fingerprint density at radius 1 is 1.22 bits per heavy atom. The van der Waals surface area contributed by atoms with Crippen LogP contribution < -0.4 is 10.1 Å². The first-order valence-corrected chi connectivity index (χ1v) is 5.85. The third kappa shape index (κ3) is 3.69. The average Bonchev–Trinajstić information content (AvgIpc) is 2.37. The van der Waals surface area contributed by atoms with Crippen molar-refractivity contribution < 1.29 is 4.74 Å². The van der Waals surface area contributed by atoms with Crippen LogP contribution in [0.15, 0.2) is 36.9 Å². The molecule has 0 radical (unpaired) electrons. The smallest absolute Gasteiger partial charge is 0.218 e. The van der Waals surface area contributed by atoms with Crippen molar-refractivity contribution in [2.75, 3.05) is 5.32 Å². The van der Waals surface area contributed by atoms with E-state index in [-0.39, 0.29) is 6.10 Å². The van der Waals surface area contributed by atoms with Gasteiger partial charge in [0.15, 0.2) is 0 Å². The molecule has 0 aliphatic carbocycles. The highest BCUT2D eigenvalue weighted by atomic mass is 16.5. The standard InChI is InChI=1S/C13H16N4O/c1-10(2)18-13-7-12(16-9-17-13)15-8-11-3-5-14-6-4-11/h3-7,9-10H,8H2,1-2H3,(H,15,16,17). The third-order valence-electron chi connectivity index (χ3n) is 2.22. The van der Waals surface area contributed by atoms with Gasteiger partial charge in [-0.1, -0.05) is 0 Å². The van der Waals surface area contributed by atoms with Gasteiger partial charge in [-0.3, -0.25) is 4.98 Å². The van der Waals surface area contributed by atoms with Gasteiger partial charge in [0.1, 0.15) is 12.1 Å². The molecule has 2 rings (SSSR count). The first kappa shape index (κ1) is 12.3. The van der Waals surface area contributed by atoms with Crippen LogP contribution in [0.4, 0.5) is 5.82 Å². The molecule has 0 amide bonds. The molecule has 18 heavy (non-hydrogen) atoms. The molecular formula is C13H16N4O. The Balaban J connectivity index is 1.97. The highest BCUT2D eigenvalue weighted by Crippen LogP contribution is 2.13. The van der Waals surface area contributed by atoms with E-state index in [1.54, 1.807) is 18.5 Å². The molecule has 1 N–H and O–H groups in total. The summed E-state index contributed by atoms with van der Waals surface area (Å²) < 4.78 is 5.51. The summed E-state index contributed by atoms with van der Waals surface area (Å²) in [6.45, 7) is 4.62. The highest BCUT2D eigenvalue weighted by Gasteiger charge is 2.01. The maximum atomic E-state index is 5.51. The zero-order valence-electron chi connectivity index (χ0n) is 10.5. The molecule has 94 valence electrons. The van der Waals surface area contributed by atoms with Crippen molar-refractivity contribution in [1.82, 2.24) is 15.0 Å². The SMILES string of the molecule is CC(C)Oc1cc(NCc2ccncc2)ncn1. The Hall–Kier alpha value is -2.17. The summed E-state index contributed by atoms with van der Waals surface area (Å²) >= 11 is 0. The third-order valence-corrected chi connectivity index (χ3v) is 2.22. The van der Waals surface area contributed by atoms with Crippen LogP contribution in [0, 0.1) is 0 Å². The molecule has 0 aromatic carbocycles. The number of anilines is 1. The predicted octanol–water partition coefficient (Wildman–Crippen LogP) is 2.27. The summed E-state index contributed by atoms with van der Waals surface area (Å²) in [5.41, 5.74) is 1.15. The lowest BCUT2D eigenvalue weighted by Crippen LogP contribution is -2.08. The van der Waals surface area contributed by atoms with Crippen LogP contribution >= 0.6 is 0 Å². The summed E-state index contributed by atoms with van der Waals surface area (Å²) in [6, 6.07) is 5.71. The van der Waals surface area contributed by atoms with Gasteiger partial charge >= 0.3 is 0 Å². The Morgan fingerprint density at radius 2 is 2.00 bits per heavy atom. The van der Waals surface area contributed by atoms with Crippen molar-refractivity contribution in [2.45, 2.75) is 26.5 Å². The zero-order valence-corrected chi connectivity index (χ0v) is 10.5. The molecule has 2 aromatic heterocycles. The lowest BCUT2D eigenvalue weighted by atomic mass is 10.3. The number of hydrogen-bond donors (Lipinski definition) is 1. The fourth-order valence-electron chi connectivity index (χ4n) is 1.44. The second kappa shape index (κ2) is 5.95. The molecule has 2 aromatic rings. The molecule has 0 saturated carbocycles. The molecule has 5 nitrogen and oxygen atoms in total. The van der Waals surface area contributed by atoms with Crippen molar-refractivity contribution >= 4 is 5.82 Å². The quantitative estimate of drug-likeness (QED) is 0.874. The second-order valence-electron chi connectivity index (χ2n) is 4.12. The topological polar surface area (TPSA) is 59.9 Å². The van der Waals surface area contributed by atoms with E-state index in [1.165, 1.54) is 6.33 Å². The fourth-order valence-corrected chi connectivity index (χ4v) is 1.44. The van der Waals surface area contributed by atoms with Crippen LogP contribution in [0.5, 0.6) is 5.88 Å². The number of rotatable bonds is 5. The average molecular weight is 244 g/mol.